The highest BCUT2D eigenvalue weighted by Gasteiger charge is 2.31. The number of nitrogens with zero attached hydrogens (tertiary/aromatic N) is 1. The standard InChI is InChI=1S/C15H22F3NO2/c1-14(2,3)19(9-10-20-4)11-12-5-7-13(8-6-12)21-15(16,17)18/h5-8H,9-11H2,1-4H3. The molecular weight excluding hydrogens is 283 g/mol. The van der Waals surface area contributed by atoms with Gasteiger partial charge in [0, 0.05) is 25.7 Å². The van der Waals surface area contributed by atoms with Gasteiger partial charge >= 0.3 is 6.36 Å². The molecule has 0 fully saturated rings. The quantitative estimate of drug-likeness (QED) is 0.797. The van der Waals surface area contributed by atoms with E-state index in [1.807, 2.05) is 0 Å². The number of rotatable bonds is 6. The molecule has 0 unspecified atom stereocenters. The van der Waals surface area contributed by atoms with Crippen LogP contribution in [0.4, 0.5) is 13.2 Å². The largest absolute Gasteiger partial charge is 0.573 e. The second kappa shape index (κ2) is 7.13. The van der Waals surface area contributed by atoms with Gasteiger partial charge in [-0.1, -0.05) is 12.1 Å². The van der Waals surface area contributed by atoms with Crippen LogP contribution in [0.2, 0.25) is 0 Å². The van der Waals surface area contributed by atoms with Crippen molar-refractivity contribution in [2.24, 2.45) is 0 Å². The molecule has 0 saturated carbocycles. The van der Waals surface area contributed by atoms with Crippen LogP contribution in [-0.4, -0.2) is 37.1 Å². The van der Waals surface area contributed by atoms with Crippen LogP contribution in [0.5, 0.6) is 5.75 Å². The fourth-order valence-corrected chi connectivity index (χ4v) is 1.87. The molecule has 0 atom stereocenters. The highest BCUT2D eigenvalue weighted by atomic mass is 19.4. The smallest absolute Gasteiger partial charge is 0.406 e. The summed E-state index contributed by atoms with van der Waals surface area (Å²) in [6, 6.07) is 5.96. The molecule has 21 heavy (non-hydrogen) atoms. The SMILES string of the molecule is COCCN(Cc1ccc(OC(F)(F)F)cc1)C(C)(C)C. The lowest BCUT2D eigenvalue weighted by molar-refractivity contribution is -0.274. The van der Waals surface area contributed by atoms with Crippen molar-refractivity contribution in [1.82, 2.24) is 4.90 Å². The summed E-state index contributed by atoms with van der Waals surface area (Å²) in [7, 11) is 1.64. The molecule has 0 heterocycles. The third kappa shape index (κ3) is 6.82. The van der Waals surface area contributed by atoms with Crippen molar-refractivity contribution in [3.05, 3.63) is 29.8 Å². The van der Waals surface area contributed by atoms with Crippen molar-refractivity contribution in [3.63, 3.8) is 0 Å². The van der Waals surface area contributed by atoms with Crippen LogP contribution in [0.15, 0.2) is 24.3 Å². The normalized spacial score (nSPS) is 12.8. The van der Waals surface area contributed by atoms with Crippen LogP contribution >= 0.6 is 0 Å². The highest BCUT2D eigenvalue weighted by molar-refractivity contribution is 5.27. The van der Waals surface area contributed by atoms with Gasteiger partial charge in [-0.3, -0.25) is 4.90 Å². The summed E-state index contributed by atoms with van der Waals surface area (Å²) >= 11 is 0. The van der Waals surface area contributed by atoms with Gasteiger partial charge < -0.3 is 9.47 Å². The second-order valence-electron chi connectivity index (χ2n) is 5.78. The summed E-state index contributed by atoms with van der Waals surface area (Å²) < 4.78 is 45.3. The van der Waals surface area contributed by atoms with E-state index in [0.717, 1.165) is 12.1 Å². The Kier molecular flexibility index (Phi) is 6.04. The highest BCUT2D eigenvalue weighted by Crippen LogP contribution is 2.24. The molecule has 0 spiro atoms. The van der Waals surface area contributed by atoms with E-state index in [-0.39, 0.29) is 11.3 Å². The van der Waals surface area contributed by atoms with E-state index in [9.17, 15) is 13.2 Å². The van der Waals surface area contributed by atoms with E-state index in [1.54, 1.807) is 19.2 Å². The van der Waals surface area contributed by atoms with Crippen LogP contribution in [0, 0.1) is 0 Å². The Labute approximate surface area is 123 Å². The van der Waals surface area contributed by atoms with Crippen LogP contribution in [0.25, 0.3) is 0 Å². The summed E-state index contributed by atoms with van der Waals surface area (Å²) in [5, 5.41) is 0. The average molecular weight is 305 g/mol. The van der Waals surface area contributed by atoms with Gasteiger partial charge in [0.15, 0.2) is 0 Å². The molecule has 0 saturated heterocycles. The van der Waals surface area contributed by atoms with Gasteiger partial charge in [0.05, 0.1) is 6.61 Å². The molecule has 0 aliphatic carbocycles. The zero-order valence-corrected chi connectivity index (χ0v) is 12.8. The maximum Gasteiger partial charge on any atom is 0.573 e. The first-order chi connectivity index (χ1) is 9.62. The number of ether oxygens (including phenoxy) is 2. The zero-order valence-electron chi connectivity index (χ0n) is 12.8. The molecule has 1 rings (SSSR count). The van der Waals surface area contributed by atoms with Gasteiger partial charge in [0.1, 0.15) is 5.75 Å². The molecule has 120 valence electrons. The monoisotopic (exact) mass is 305 g/mol. The minimum Gasteiger partial charge on any atom is -0.406 e. The van der Waals surface area contributed by atoms with E-state index in [1.165, 1.54) is 12.1 Å². The topological polar surface area (TPSA) is 21.7 Å². The van der Waals surface area contributed by atoms with Gasteiger partial charge in [-0.05, 0) is 38.5 Å². The number of hydrogen-bond donors (Lipinski definition) is 0. The lowest BCUT2D eigenvalue weighted by atomic mass is 10.0. The molecule has 0 amide bonds. The molecular formula is C15H22F3NO2. The number of hydrogen-bond acceptors (Lipinski definition) is 3. The molecule has 3 nitrogen and oxygen atoms in total. The number of alkyl halides is 3. The molecule has 1 aromatic carbocycles. The number of benzene rings is 1. The van der Waals surface area contributed by atoms with Crippen molar-refractivity contribution in [2.75, 3.05) is 20.3 Å². The van der Waals surface area contributed by atoms with Gasteiger partial charge in [0.25, 0.3) is 0 Å². The molecule has 0 bridgehead atoms. The van der Waals surface area contributed by atoms with Crippen molar-refractivity contribution < 1.29 is 22.6 Å². The van der Waals surface area contributed by atoms with Gasteiger partial charge in [0.2, 0.25) is 0 Å². The Bertz CT molecular complexity index is 424. The Morgan fingerprint density at radius 1 is 1.05 bits per heavy atom. The minimum absolute atomic E-state index is 0.0559. The summed E-state index contributed by atoms with van der Waals surface area (Å²) in [6.07, 6.45) is -4.66. The van der Waals surface area contributed by atoms with Gasteiger partial charge in [-0.25, -0.2) is 0 Å². The van der Waals surface area contributed by atoms with E-state index in [4.69, 9.17) is 4.74 Å². The van der Waals surface area contributed by atoms with E-state index < -0.39 is 6.36 Å². The molecule has 0 aliphatic rings. The third-order valence-corrected chi connectivity index (χ3v) is 3.04. The summed E-state index contributed by atoms with van der Waals surface area (Å²) in [4.78, 5) is 2.20. The van der Waals surface area contributed by atoms with Crippen LogP contribution in [-0.2, 0) is 11.3 Å². The zero-order chi connectivity index (χ0) is 16.1. The third-order valence-electron chi connectivity index (χ3n) is 3.04. The van der Waals surface area contributed by atoms with Crippen molar-refractivity contribution >= 4 is 0 Å². The predicted octanol–water partition coefficient (Wildman–Crippen LogP) is 3.83. The van der Waals surface area contributed by atoms with Crippen LogP contribution in [0.3, 0.4) is 0 Å². The Morgan fingerprint density at radius 3 is 2.05 bits per heavy atom. The number of methoxy groups -OCH3 is 1. The van der Waals surface area contributed by atoms with Crippen molar-refractivity contribution in [2.45, 2.75) is 39.2 Å². The van der Waals surface area contributed by atoms with E-state index >= 15 is 0 Å². The first-order valence-electron chi connectivity index (χ1n) is 6.70. The fraction of sp³-hybridized carbons (Fsp3) is 0.600. The Morgan fingerprint density at radius 2 is 1.62 bits per heavy atom. The van der Waals surface area contributed by atoms with Crippen molar-refractivity contribution in [3.8, 4) is 5.75 Å². The molecule has 6 heteroatoms. The van der Waals surface area contributed by atoms with E-state index in [0.29, 0.717) is 13.2 Å². The Hall–Kier alpha value is -1.27. The molecule has 0 aromatic heterocycles. The first-order valence-corrected chi connectivity index (χ1v) is 6.70. The summed E-state index contributed by atoms with van der Waals surface area (Å²) in [5.41, 5.74) is 0.871. The number of halogens is 3. The lowest BCUT2D eigenvalue weighted by Crippen LogP contribution is -2.42. The molecule has 0 radical (unpaired) electrons. The van der Waals surface area contributed by atoms with Crippen molar-refractivity contribution in [1.29, 1.82) is 0 Å². The predicted molar refractivity (Wildman–Crippen MR) is 75.2 cm³/mol. The van der Waals surface area contributed by atoms with Crippen LogP contribution in [0.1, 0.15) is 26.3 Å². The minimum atomic E-state index is -4.66. The summed E-state index contributed by atoms with van der Waals surface area (Å²) in [5.74, 6) is -0.203. The average Bonchev–Trinajstić information content (AvgIpc) is 2.33. The maximum atomic E-state index is 12.1. The van der Waals surface area contributed by atoms with Gasteiger partial charge in [-0.15, -0.1) is 13.2 Å². The van der Waals surface area contributed by atoms with E-state index in [2.05, 4.69) is 30.4 Å². The maximum absolute atomic E-state index is 12.1. The first kappa shape index (κ1) is 17.8. The second-order valence-corrected chi connectivity index (χ2v) is 5.78. The summed E-state index contributed by atoms with van der Waals surface area (Å²) in [6.45, 7) is 8.25. The van der Waals surface area contributed by atoms with Gasteiger partial charge in [-0.2, -0.15) is 0 Å². The molecule has 0 N–H and O–H groups in total. The van der Waals surface area contributed by atoms with Crippen LogP contribution < -0.4 is 4.74 Å². The lowest BCUT2D eigenvalue weighted by Gasteiger charge is -2.35. The molecule has 0 aliphatic heterocycles. The fourth-order valence-electron chi connectivity index (χ4n) is 1.87. The Balaban J connectivity index is 2.72. The molecule has 1 aromatic rings.